The van der Waals surface area contributed by atoms with E-state index in [9.17, 15) is 9.59 Å². The van der Waals surface area contributed by atoms with Crippen molar-refractivity contribution in [1.82, 2.24) is 20.1 Å². The Morgan fingerprint density at radius 1 is 1.14 bits per heavy atom. The van der Waals surface area contributed by atoms with Crippen LogP contribution in [-0.4, -0.2) is 59.3 Å². The number of hydrogen-bond acceptors (Lipinski definition) is 5. The Bertz CT molecular complexity index is 778. The van der Waals surface area contributed by atoms with Gasteiger partial charge in [-0.1, -0.05) is 32.9 Å². The maximum atomic E-state index is 12.7. The fraction of sp³-hybridized carbons (Fsp3) is 0.476. The Kier molecular flexibility index (Phi) is 6.46. The number of nitrogens with zero attached hydrogens (tertiary/aromatic N) is 3. The quantitative estimate of drug-likeness (QED) is 0.838. The van der Waals surface area contributed by atoms with Crippen molar-refractivity contribution in [3.05, 3.63) is 52.5 Å². The summed E-state index contributed by atoms with van der Waals surface area (Å²) in [6, 6.07) is 9.44. The number of hydrogen-bond donors (Lipinski definition) is 1. The summed E-state index contributed by atoms with van der Waals surface area (Å²) in [4.78, 5) is 34.4. The molecule has 2 aromatic rings. The first-order valence-electron chi connectivity index (χ1n) is 9.60. The van der Waals surface area contributed by atoms with Crippen LogP contribution < -0.4 is 5.32 Å². The lowest BCUT2D eigenvalue weighted by Crippen LogP contribution is -2.51. The second kappa shape index (κ2) is 8.84. The molecule has 1 unspecified atom stereocenters. The summed E-state index contributed by atoms with van der Waals surface area (Å²) in [5.41, 5.74) is 0.409. The summed E-state index contributed by atoms with van der Waals surface area (Å²) in [6.45, 7) is 9.35. The van der Waals surface area contributed by atoms with E-state index >= 15 is 0 Å². The highest BCUT2D eigenvalue weighted by Crippen LogP contribution is 2.35. The minimum atomic E-state index is -0.0612. The van der Waals surface area contributed by atoms with Crippen molar-refractivity contribution < 1.29 is 9.59 Å². The van der Waals surface area contributed by atoms with Gasteiger partial charge in [0.15, 0.2) is 0 Å². The molecule has 3 rings (SSSR count). The molecule has 0 spiro atoms. The van der Waals surface area contributed by atoms with Gasteiger partial charge in [0, 0.05) is 37.3 Å². The van der Waals surface area contributed by atoms with Crippen LogP contribution in [-0.2, 0) is 4.79 Å². The summed E-state index contributed by atoms with van der Waals surface area (Å²) in [7, 11) is 0. The molecule has 6 nitrogen and oxygen atoms in total. The van der Waals surface area contributed by atoms with Crippen molar-refractivity contribution >= 4 is 23.2 Å². The first-order chi connectivity index (χ1) is 13.3. The highest BCUT2D eigenvalue weighted by Gasteiger charge is 2.30. The largest absolute Gasteiger partial charge is 0.347 e. The molecule has 1 N–H and O–H groups in total. The van der Waals surface area contributed by atoms with Gasteiger partial charge >= 0.3 is 0 Å². The Morgan fingerprint density at radius 3 is 2.46 bits per heavy atom. The molecule has 3 heterocycles. The van der Waals surface area contributed by atoms with E-state index in [2.05, 4.69) is 42.0 Å². The van der Waals surface area contributed by atoms with E-state index in [1.54, 1.807) is 34.6 Å². The number of piperazine rings is 1. The SMILES string of the molecule is CC(C)(C)C(NC(=O)CN1CCN(C(=O)c2ccccn2)CC1)c1cccs1. The third-order valence-electron chi connectivity index (χ3n) is 4.91. The van der Waals surface area contributed by atoms with Crippen molar-refractivity contribution in [2.24, 2.45) is 5.41 Å². The lowest BCUT2D eigenvalue weighted by molar-refractivity contribution is -0.124. The second-order valence-corrected chi connectivity index (χ2v) is 9.14. The van der Waals surface area contributed by atoms with E-state index in [0.29, 0.717) is 38.4 Å². The molecule has 1 saturated heterocycles. The topological polar surface area (TPSA) is 65.5 Å². The van der Waals surface area contributed by atoms with Crippen LogP contribution in [0, 0.1) is 5.41 Å². The normalized spacial score (nSPS) is 16.6. The van der Waals surface area contributed by atoms with Crippen LogP contribution in [0.3, 0.4) is 0 Å². The fourth-order valence-corrected chi connectivity index (χ4v) is 4.36. The minimum Gasteiger partial charge on any atom is -0.347 e. The summed E-state index contributed by atoms with van der Waals surface area (Å²) in [5.74, 6) is -0.0204. The molecule has 1 fully saturated rings. The van der Waals surface area contributed by atoms with Crippen molar-refractivity contribution in [1.29, 1.82) is 0 Å². The number of carbonyl (C=O) groups excluding carboxylic acids is 2. The molecule has 0 bridgehead atoms. The molecule has 0 aliphatic carbocycles. The van der Waals surface area contributed by atoms with E-state index in [1.165, 1.54) is 4.88 Å². The Hall–Kier alpha value is -2.25. The number of thiophene rings is 1. The Morgan fingerprint density at radius 2 is 1.89 bits per heavy atom. The van der Waals surface area contributed by atoms with Gasteiger partial charge in [-0.15, -0.1) is 11.3 Å². The van der Waals surface area contributed by atoms with Gasteiger partial charge in [-0.3, -0.25) is 19.5 Å². The van der Waals surface area contributed by atoms with E-state index in [0.717, 1.165) is 0 Å². The molecule has 1 aliphatic heterocycles. The zero-order chi connectivity index (χ0) is 20.1. The Balaban J connectivity index is 1.51. The number of pyridine rings is 1. The zero-order valence-electron chi connectivity index (χ0n) is 16.7. The van der Waals surface area contributed by atoms with Crippen molar-refractivity contribution in [2.45, 2.75) is 26.8 Å². The molecule has 1 atom stereocenters. The first kappa shape index (κ1) is 20.5. The lowest BCUT2D eigenvalue weighted by Gasteiger charge is -2.35. The summed E-state index contributed by atoms with van der Waals surface area (Å²) < 4.78 is 0. The molecular weight excluding hydrogens is 372 g/mol. The van der Waals surface area contributed by atoms with Crippen LogP contribution in [0.2, 0.25) is 0 Å². The third kappa shape index (κ3) is 5.17. The molecule has 2 aromatic heterocycles. The monoisotopic (exact) mass is 400 g/mol. The molecule has 0 aromatic carbocycles. The minimum absolute atomic E-state index is 0.00739. The van der Waals surface area contributed by atoms with Crippen LogP contribution in [0.5, 0.6) is 0 Å². The van der Waals surface area contributed by atoms with Crippen LogP contribution in [0.4, 0.5) is 0 Å². The summed E-state index contributed by atoms with van der Waals surface area (Å²) >= 11 is 1.67. The summed E-state index contributed by atoms with van der Waals surface area (Å²) in [5, 5.41) is 5.25. The Labute approximate surface area is 170 Å². The first-order valence-corrected chi connectivity index (χ1v) is 10.5. The standard InChI is InChI=1S/C21H28N4O2S/c1-21(2,3)19(17-8-6-14-28-17)23-18(26)15-24-10-12-25(13-11-24)20(27)16-7-4-5-9-22-16/h4-9,14,19H,10-13,15H2,1-3H3,(H,23,26). The van der Waals surface area contributed by atoms with Gasteiger partial charge < -0.3 is 10.2 Å². The average Bonchev–Trinajstić information content (AvgIpc) is 3.20. The van der Waals surface area contributed by atoms with E-state index < -0.39 is 0 Å². The molecule has 0 radical (unpaired) electrons. The zero-order valence-corrected chi connectivity index (χ0v) is 17.5. The number of amides is 2. The lowest BCUT2D eigenvalue weighted by atomic mass is 9.85. The van der Waals surface area contributed by atoms with E-state index in [1.807, 2.05) is 17.5 Å². The number of carbonyl (C=O) groups is 2. The van der Waals surface area contributed by atoms with Gasteiger partial charge in [-0.25, -0.2) is 0 Å². The van der Waals surface area contributed by atoms with Gasteiger partial charge in [0.05, 0.1) is 12.6 Å². The van der Waals surface area contributed by atoms with Gasteiger partial charge in [-0.2, -0.15) is 0 Å². The second-order valence-electron chi connectivity index (χ2n) is 8.17. The van der Waals surface area contributed by atoms with Gasteiger partial charge in [0.1, 0.15) is 5.69 Å². The van der Waals surface area contributed by atoms with E-state index in [4.69, 9.17) is 0 Å². The molecular formula is C21H28N4O2S. The highest BCUT2D eigenvalue weighted by molar-refractivity contribution is 7.10. The van der Waals surface area contributed by atoms with Crippen molar-refractivity contribution in [3.8, 4) is 0 Å². The van der Waals surface area contributed by atoms with Crippen molar-refractivity contribution in [3.63, 3.8) is 0 Å². The summed E-state index contributed by atoms with van der Waals surface area (Å²) in [6.07, 6.45) is 1.63. The van der Waals surface area contributed by atoms with Gasteiger partial charge in [0.2, 0.25) is 5.91 Å². The van der Waals surface area contributed by atoms with Crippen LogP contribution in [0.1, 0.15) is 42.2 Å². The predicted octanol–water partition coefficient (Wildman–Crippen LogP) is 2.80. The molecule has 1 aliphatic rings. The average molecular weight is 401 g/mol. The van der Waals surface area contributed by atoms with Crippen LogP contribution in [0.15, 0.2) is 41.9 Å². The number of nitrogens with one attached hydrogen (secondary N) is 1. The van der Waals surface area contributed by atoms with E-state index in [-0.39, 0.29) is 23.3 Å². The fourth-order valence-electron chi connectivity index (χ4n) is 3.34. The van der Waals surface area contributed by atoms with Crippen LogP contribution >= 0.6 is 11.3 Å². The number of aromatic nitrogens is 1. The smallest absolute Gasteiger partial charge is 0.272 e. The maximum absolute atomic E-state index is 12.7. The molecule has 7 heteroatoms. The van der Waals surface area contributed by atoms with Crippen LogP contribution in [0.25, 0.3) is 0 Å². The molecule has 0 saturated carbocycles. The highest BCUT2D eigenvalue weighted by atomic mass is 32.1. The third-order valence-corrected chi connectivity index (χ3v) is 5.85. The van der Waals surface area contributed by atoms with Gasteiger partial charge in [-0.05, 0) is 29.0 Å². The molecule has 2 amide bonds. The number of rotatable bonds is 5. The predicted molar refractivity (Wildman–Crippen MR) is 111 cm³/mol. The maximum Gasteiger partial charge on any atom is 0.272 e. The molecule has 150 valence electrons. The van der Waals surface area contributed by atoms with Gasteiger partial charge in [0.25, 0.3) is 5.91 Å². The van der Waals surface area contributed by atoms with Crippen molar-refractivity contribution in [2.75, 3.05) is 32.7 Å². The molecule has 28 heavy (non-hydrogen) atoms.